The van der Waals surface area contributed by atoms with Gasteiger partial charge in [-0.15, -0.1) is 11.3 Å². The van der Waals surface area contributed by atoms with E-state index in [4.69, 9.17) is 11.6 Å². The largest absolute Gasteiger partial charge is 0.340 e. The zero-order chi connectivity index (χ0) is 21.8. The van der Waals surface area contributed by atoms with Crippen LogP contribution in [0.2, 0.25) is 4.34 Å². The average molecular weight is 450 g/mol. The summed E-state index contributed by atoms with van der Waals surface area (Å²) in [5, 5.41) is 9.44. The van der Waals surface area contributed by atoms with Crippen molar-refractivity contribution in [3.05, 3.63) is 87.3 Å². The van der Waals surface area contributed by atoms with Gasteiger partial charge in [0.05, 0.1) is 9.21 Å². The summed E-state index contributed by atoms with van der Waals surface area (Å²) in [5.41, 5.74) is 3.70. The highest BCUT2D eigenvalue weighted by atomic mass is 35.5. The molecule has 0 atom stereocenters. The van der Waals surface area contributed by atoms with E-state index in [-0.39, 0.29) is 5.91 Å². The van der Waals surface area contributed by atoms with Crippen LogP contribution in [0.15, 0.2) is 66.7 Å². The van der Waals surface area contributed by atoms with Gasteiger partial charge in [0.15, 0.2) is 0 Å². The molecule has 4 aromatic rings. The molecule has 0 saturated carbocycles. The number of halogens is 1. The molecule has 3 N–H and O–H groups in total. The second-order valence-electron chi connectivity index (χ2n) is 6.94. The molecule has 0 aliphatic carbocycles. The van der Waals surface area contributed by atoms with E-state index >= 15 is 0 Å². The van der Waals surface area contributed by atoms with Crippen LogP contribution in [0.4, 0.5) is 28.7 Å². The fraction of sp³-hybridized carbons (Fsp3) is 0.0870. The first-order valence-electron chi connectivity index (χ1n) is 9.58. The van der Waals surface area contributed by atoms with E-state index in [9.17, 15) is 4.79 Å². The van der Waals surface area contributed by atoms with Crippen molar-refractivity contribution < 1.29 is 4.79 Å². The van der Waals surface area contributed by atoms with Gasteiger partial charge in [-0.2, -0.15) is 0 Å². The van der Waals surface area contributed by atoms with Crippen molar-refractivity contribution in [2.75, 3.05) is 16.0 Å². The number of rotatable bonds is 6. The van der Waals surface area contributed by atoms with Crippen LogP contribution in [0.3, 0.4) is 0 Å². The predicted molar refractivity (Wildman–Crippen MR) is 128 cm³/mol. The normalized spacial score (nSPS) is 10.5. The van der Waals surface area contributed by atoms with Gasteiger partial charge in [-0.3, -0.25) is 4.79 Å². The van der Waals surface area contributed by atoms with Gasteiger partial charge in [0, 0.05) is 23.1 Å². The second-order valence-corrected chi connectivity index (χ2v) is 8.65. The summed E-state index contributed by atoms with van der Waals surface area (Å²) in [6.45, 7) is 3.90. The molecule has 0 fully saturated rings. The predicted octanol–water partition coefficient (Wildman–Crippen LogP) is 6.55. The first kappa shape index (κ1) is 20.8. The van der Waals surface area contributed by atoms with Crippen LogP contribution in [-0.4, -0.2) is 15.9 Å². The molecule has 4 rings (SSSR count). The molecule has 0 spiro atoms. The topological polar surface area (TPSA) is 78.9 Å². The lowest BCUT2D eigenvalue weighted by atomic mass is 10.2. The third-order valence-corrected chi connectivity index (χ3v) is 5.60. The minimum absolute atomic E-state index is 0.184. The SMILES string of the molecule is Cc1ccc(Nc2cc(Nc3ccc(NC(=O)c4ccc(Cl)s4)cc3)nc(C)n2)cc1. The van der Waals surface area contributed by atoms with Gasteiger partial charge in [0.1, 0.15) is 17.5 Å². The molecule has 0 aliphatic rings. The van der Waals surface area contributed by atoms with Crippen molar-refractivity contribution in [2.24, 2.45) is 0 Å². The number of thiophene rings is 1. The van der Waals surface area contributed by atoms with E-state index in [0.717, 1.165) is 11.4 Å². The molecule has 0 aliphatic heterocycles. The van der Waals surface area contributed by atoms with Crippen molar-refractivity contribution in [2.45, 2.75) is 13.8 Å². The number of anilines is 5. The number of amides is 1. The fourth-order valence-electron chi connectivity index (χ4n) is 2.89. The van der Waals surface area contributed by atoms with Crippen LogP contribution in [0.1, 0.15) is 21.1 Å². The Kier molecular flexibility index (Phi) is 6.16. The first-order valence-corrected chi connectivity index (χ1v) is 10.8. The molecule has 0 unspecified atom stereocenters. The summed E-state index contributed by atoms with van der Waals surface area (Å²) >= 11 is 7.14. The highest BCUT2D eigenvalue weighted by molar-refractivity contribution is 7.18. The highest BCUT2D eigenvalue weighted by Crippen LogP contribution is 2.24. The average Bonchev–Trinajstić information content (AvgIpc) is 3.17. The molecule has 31 heavy (non-hydrogen) atoms. The molecule has 156 valence electrons. The summed E-state index contributed by atoms with van der Waals surface area (Å²) in [5.74, 6) is 1.85. The van der Waals surface area contributed by atoms with Crippen molar-refractivity contribution in [3.63, 3.8) is 0 Å². The van der Waals surface area contributed by atoms with Crippen LogP contribution in [-0.2, 0) is 0 Å². The maximum absolute atomic E-state index is 12.2. The molecule has 8 heteroatoms. The van der Waals surface area contributed by atoms with Crippen LogP contribution in [0.5, 0.6) is 0 Å². The Hall–Kier alpha value is -3.42. The molecule has 2 aromatic heterocycles. The molecule has 0 radical (unpaired) electrons. The summed E-state index contributed by atoms with van der Waals surface area (Å²) in [7, 11) is 0. The number of nitrogens with one attached hydrogen (secondary N) is 3. The van der Waals surface area contributed by atoms with E-state index in [1.165, 1.54) is 16.9 Å². The molecule has 2 heterocycles. The summed E-state index contributed by atoms with van der Waals surface area (Å²) in [6, 6.07) is 20.8. The van der Waals surface area contributed by atoms with Gasteiger partial charge in [0.2, 0.25) is 0 Å². The third-order valence-electron chi connectivity index (χ3n) is 4.37. The Morgan fingerprint density at radius 1 is 0.806 bits per heavy atom. The van der Waals surface area contributed by atoms with Crippen molar-refractivity contribution >= 4 is 57.5 Å². The number of carbonyl (C=O) groups excluding carboxylic acids is 1. The number of carbonyl (C=O) groups is 1. The van der Waals surface area contributed by atoms with E-state index in [0.29, 0.717) is 32.4 Å². The molecule has 0 bridgehead atoms. The van der Waals surface area contributed by atoms with Gasteiger partial charge in [-0.1, -0.05) is 29.3 Å². The van der Waals surface area contributed by atoms with Crippen LogP contribution in [0.25, 0.3) is 0 Å². The summed E-state index contributed by atoms with van der Waals surface area (Å²) < 4.78 is 0.584. The summed E-state index contributed by atoms with van der Waals surface area (Å²) in [6.07, 6.45) is 0. The maximum atomic E-state index is 12.2. The minimum atomic E-state index is -0.184. The van der Waals surface area contributed by atoms with Crippen LogP contribution in [0, 0.1) is 13.8 Å². The quantitative estimate of drug-likeness (QED) is 0.311. The lowest BCUT2D eigenvalue weighted by Crippen LogP contribution is -2.09. The van der Waals surface area contributed by atoms with Crippen LogP contribution < -0.4 is 16.0 Å². The van der Waals surface area contributed by atoms with Gasteiger partial charge >= 0.3 is 0 Å². The Bertz CT molecular complexity index is 1210. The van der Waals surface area contributed by atoms with Crippen molar-refractivity contribution in [1.29, 1.82) is 0 Å². The Labute approximate surface area is 189 Å². The molecular weight excluding hydrogens is 430 g/mol. The summed E-state index contributed by atoms with van der Waals surface area (Å²) in [4.78, 5) is 21.7. The molecule has 0 saturated heterocycles. The van der Waals surface area contributed by atoms with E-state index in [2.05, 4.69) is 32.8 Å². The molecule has 6 nitrogen and oxygen atoms in total. The lowest BCUT2D eigenvalue weighted by molar-refractivity contribution is 0.103. The van der Waals surface area contributed by atoms with Crippen LogP contribution >= 0.6 is 22.9 Å². The van der Waals surface area contributed by atoms with Gasteiger partial charge in [0.25, 0.3) is 5.91 Å². The number of benzene rings is 2. The van der Waals surface area contributed by atoms with Gasteiger partial charge < -0.3 is 16.0 Å². The van der Waals surface area contributed by atoms with Gasteiger partial charge in [-0.05, 0) is 62.4 Å². The smallest absolute Gasteiger partial charge is 0.265 e. The third kappa shape index (κ3) is 5.59. The number of aryl methyl sites for hydroxylation is 2. The molecule has 2 aromatic carbocycles. The number of nitrogens with zero attached hydrogens (tertiary/aromatic N) is 2. The standard InChI is InChI=1S/C23H20ClN5OS/c1-14-3-5-16(6-4-14)27-21-13-22(26-15(2)25-21)28-17-7-9-18(10-8-17)29-23(30)19-11-12-20(24)31-19/h3-13H,1-2H3,(H,29,30)(H2,25,26,27,28). The minimum Gasteiger partial charge on any atom is -0.340 e. The first-order chi connectivity index (χ1) is 14.9. The number of aromatic nitrogens is 2. The molecular formula is C23H20ClN5OS. The van der Waals surface area contributed by atoms with Gasteiger partial charge in [-0.25, -0.2) is 9.97 Å². The number of hydrogen-bond donors (Lipinski definition) is 3. The van der Waals surface area contributed by atoms with E-state index in [1.807, 2.05) is 61.5 Å². The van der Waals surface area contributed by atoms with E-state index in [1.54, 1.807) is 12.1 Å². The maximum Gasteiger partial charge on any atom is 0.265 e. The van der Waals surface area contributed by atoms with Crippen molar-refractivity contribution in [1.82, 2.24) is 9.97 Å². The monoisotopic (exact) mass is 449 g/mol. The van der Waals surface area contributed by atoms with Crippen molar-refractivity contribution in [3.8, 4) is 0 Å². The zero-order valence-electron chi connectivity index (χ0n) is 16.9. The Balaban J connectivity index is 1.43. The zero-order valence-corrected chi connectivity index (χ0v) is 18.5. The van der Waals surface area contributed by atoms with E-state index < -0.39 is 0 Å². The highest BCUT2D eigenvalue weighted by Gasteiger charge is 2.09. The second kappa shape index (κ2) is 9.16. The Morgan fingerprint density at radius 2 is 1.35 bits per heavy atom. The Morgan fingerprint density at radius 3 is 1.90 bits per heavy atom. The number of hydrogen-bond acceptors (Lipinski definition) is 6. The fourth-order valence-corrected chi connectivity index (χ4v) is 3.83. The lowest BCUT2D eigenvalue weighted by Gasteiger charge is -2.11. The molecule has 1 amide bonds.